The molecule has 0 aliphatic carbocycles. The second-order valence-corrected chi connectivity index (χ2v) is 8.02. The maximum absolute atomic E-state index is 13.0. The first-order chi connectivity index (χ1) is 14.7. The van der Waals surface area contributed by atoms with Gasteiger partial charge in [-0.15, -0.1) is 0 Å². The molecular weight excluding hydrogens is 437 g/mol. The Morgan fingerprint density at radius 1 is 1.23 bits per heavy atom. The molecule has 1 saturated heterocycles. The summed E-state index contributed by atoms with van der Waals surface area (Å²) in [6, 6.07) is 4.22. The Hall–Kier alpha value is -2.44. The minimum atomic E-state index is -5.08. The zero-order chi connectivity index (χ0) is 22.4. The normalized spacial score (nSPS) is 19.7. The first kappa shape index (κ1) is 23.2. The van der Waals surface area contributed by atoms with Crippen molar-refractivity contribution < 1.29 is 32.6 Å². The Bertz CT molecular complexity index is 866. The predicted molar refractivity (Wildman–Crippen MR) is 105 cm³/mol. The molecule has 1 amide bonds. The van der Waals surface area contributed by atoms with Crippen LogP contribution in [0.1, 0.15) is 11.3 Å². The van der Waals surface area contributed by atoms with Crippen LogP contribution in [-0.2, 0) is 34.0 Å². The molecule has 2 aromatic heterocycles. The van der Waals surface area contributed by atoms with Gasteiger partial charge in [-0.05, 0) is 28.5 Å². The molecule has 2 aliphatic heterocycles. The van der Waals surface area contributed by atoms with Crippen molar-refractivity contribution in [1.82, 2.24) is 19.6 Å². The van der Waals surface area contributed by atoms with E-state index >= 15 is 0 Å². The second kappa shape index (κ2) is 10.2. The van der Waals surface area contributed by atoms with Crippen LogP contribution in [-0.4, -0.2) is 75.6 Å². The lowest BCUT2D eigenvalue weighted by Gasteiger charge is -2.31. The zero-order valence-electron chi connectivity index (χ0n) is 16.6. The first-order valence-electron chi connectivity index (χ1n) is 9.65. The SMILES string of the molecule is O=C(C1CN(Cc2ccsc2)Cc2ccnn2C1)N1CCOCC1.O=C(O)C(F)(F)F. The van der Waals surface area contributed by atoms with E-state index in [1.165, 1.54) is 11.3 Å². The number of morpholine rings is 1. The highest BCUT2D eigenvalue weighted by Gasteiger charge is 2.38. The Labute approximate surface area is 180 Å². The zero-order valence-corrected chi connectivity index (χ0v) is 17.4. The molecule has 4 rings (SSSR count). The molecule has 1 N–H and O–H groups in total. The number of carbonyl (C=O) groups excluding carboxylic acids is 1. The molecule has 0 spiro atoms. The number of carboxylic acids is 1. The summed E-state index contributed by atoms with van der Waals surface area (Å²) >= 11 is 1.72. The number of aromatic nitrogens is 2. The van der Waals surface area contributed by atoms with Crippen LogP contribution in [0.2, 0.25) is 0 Å². The summed E-state index contributed by atoms with van der Waals surface area (Å²) in [5.41, 5.74) is 2.49. The van der Waals surface area contributed by atoms with E-state index in [0.29, 0.717) is 32.8 Å². The number of hydrogen-bond acceptors (Lipinski definition) is 6. The van der Waals surface area contributed by atoms with Crippen molar-refractivity contribution in [3.8, 4) is 0 Å². The summed E-state index contributed by atoms with van der Waals surface area (Å²) in [4.78, 5) is 26.2. The number of carboxylic acid groups (broad SMARTS) is 1. The maximum Gasteiger partial charge on any atom is 0.490 e. The van der Waals surface area contributed by atoms with E-state index in [2.05, 4.69) is 32.9 Å². The van der Waals surface area contributed by atoms with E-state index in [0.717, 1.165) is 19.6 Å². The molecule has 31 heavy (non-hydrogen) atoms. The largest absolute Gasteiger partial charge is 0.490 e. The molecule has 12 heteroatoms. The minimum absolute atomic E-state index is 0.0529. The fourth-order valence-corrected chi connectivity index (χ4v) is 4.15. The van der Waals surface area contributed by atoms with Crippen molar-refractivity contribution >= 4 is 23.2 Å². The third kappa shape index (κ3) is 6.52. The fraction of sp³-hybridized carbons (Fsp3) is 0.526. The molecule has 170 valence electrons. The van der Waals surface area contributed by atoms with Gasteiger partial charge >= 0.3 is 12.1 Å². The van der Waals surface area contributed by atoms with E-state index in [9.17, 15) is 18.0 Å². The molecule has 0 saturated carbocycles. The average Bonchev–Trinajstić information content (AvgIpc) is 3.36. The number of rotatable bonds is 3. The highest BCUT2D eigenvalue weighted by atomic mass is 32.1. The smallest absolute Gasteiger partial charge is 0.475 e. The monoisotopic (exact) mass is 460 g/mol. The lowest BCUT2D eigenvalue weighted by Crippen LogP contribution is -2.46. The minimum Gasteiger partial charge on any atom is -0.475 e. The van der Waals surface area contributed by atoms with Crippen LogP contribution in [0.3, 0.4) is 0 Å². The number of aliphatic carboxylic acids is 1. The van der Waals surface area contributed by atoms with Crippen LogP contribution in [0, 0.1) is 5.92 Å². The van der Waals surface area contributed by atoms with Crippen LogP contribution in [0.5, 0.6) is 0 Å². The second-order valence-electron chi connectivity index (χ2n) is 7.24. The van der Waals surface area contributed by atoms with Gasteiger partial charge in [0.25, 0.3) is 0 Å². The molecule has 2 aliphatic rings. The number of thiophene rings is 1. The summed E-state index contributed by atoms with van der Waals surface area (Å²) in [5, 5.41) is 15.8. The van der Waals surface area contributed by atoms with E-state index in [1.54, 1.807) is 11.3 Å². The quantitative estimate of drug-likeness (QED) is 0.755. The number of ether oxygens (including phenoxy) is 1. The van der Waals surface area contributed by atoms with Crippen LogP contribution in [0.15, 0.2) is 29.1 Å². The van der Waals surface area contributed by atoms with Gasteiger partial charge in [-0.2, -0.15) is 29.6 Å². The van der Waals surface area contributed by atoms with Crippen molar-refractivity contribution in [2.45, 2.75) is 25.8 Å². The summed E-state index contributed by atoms with van der Waals surface area (Å²) in [6.45, 7) is 5.84. The Kier molecular flexibility index (Phi) is 7.68. The van der Waals surface area contributed by atoms with E-state index in [4.69, 9.17) is 14.6 Å². The van der Waals surface area contributed by atoms with Crippen molar-refractivity contribution in [3.05, 3.63) is 40.3 Å². The average molecular weight is 460 g/mol. The Balaban J connectivity index is 0.000000339. The molecule has 1 atom stereocenters. The fourth-order valence-electron chi connectivity index (χ4n) is 3.49. The number of fused-ring (bicyclic) bond motifs is 1. The molecule has 1 unspecified atom stereocenters. The van der Waals surface area contributed by atoms with Crippen LogP contribution in [0.25, 0.3) is 0 Å². The molecule has 4 heterocycles. The highest BCUT2D eigenvalue weighted by molar-refractivity contribution is 7.07. The number of amides is 1. The third-order valence-corrected chi connectivity index (χ3v) is 5.69. The summed E-state index contributed by atoms with van der Waals surface area (Å²) < 4.78 is 39.1. The van der Waals surface area contributed by atoms with Gasteiger partial charge in [0.05, 0.1) is 31.4 Å². The summed E-state index contributed by atoms with van der Waals surface area (Å²) in [7, 11) is 0. The van der Waals surface area contributed by atoms with Gasteiger partial charge in [-0.1, -0.05) is 0 Å². The highest BCUT2D eigenvalue weighted by Crippen LogP contribution is 2.21. The first-order valence-corrected chi connectivity index (χ1v) is 10.6. The number of nitrogens with zero attached hydrogens (tertiary/aromatic N) is 4. The van der Waals surface area contributed by atoms with Gasteiger partial charge in [-0.3, -0.25) is 14.4 Å². The Morgan fingerprint density at radius 3 is 2.55 bits per heavy atom. The van der Waals surface area contributed by atoms with Crippen molar-refractivity contribution in [1.29, 1.82) is 0 Å². The van der Waals surface area contributed by atoms with Crippen LogP contribution >= 0.6 is 11.3 Å². The van der Waals surface area contributed by atoms with Gasteiger partial charge in [0, 0.05) is 38.9 Å². The van der Waals surface area contributed by atoms with Crippen LogP contribution in [0.4, 0.5) is 13.2 Å². The predicted octanol–water partition coefficient (Wildman–Crippen LogP) is 2.07. The third-order valence-electron chi connectivity index (χ3n) is 4.96. The van der Waals surface area contributed by atoms with Crippen molar-refractivity contribution in [2.75, 3.05) is 32.8 Å². The molecule has 0 bridgehead atoms. The van der Waals surface area contributed by atoms with Gasteiger partial charge < -0.3 is 14.7 Å². The summed E-state index contributed by atoms with van der Waals surface area (Å²) in [6.07, 6.45) is -3.25. The van der Waals surface area contributed by atoms with Gasteiger partial charge in [0.2, 0.25) is 5.91 Å². The van der Waals surface area contributed by atoms with E-state index in [1.807, 2.05) is 15.8 Å². The van der Waals surface area contributed by atoms with Gasteiger partial charge in [0.1, 0.15) is 0 Å². The topological polar surface area (TPSA) is 87.9 Å². The molecule has 2 aromatic rings. The molecular formula is C19H23F3N4O4S. The van der Waals surface area contributed by atoms with Gasteiger partial charge in [0.15, 0.2) is 0 Å². The molecule has 8 nitrogen and oxygen atoms in total. The maximum atomic E-state index is 13.0. The Morgan fingerprint density at radius 2 is 1.94 bits per heavy atom. The molecule has 0 radical (unpaired) electrons. The number of halogens is 3. The number of hydrogen-bond donors (Lipinski definition) is 1. The standard InChI is InChI=1S/C17H22N4O2S.C2HF3O2/c22-17(20-4-6-23-7-5-20)15-10-19(9-14-2-8-24-13-14)12-16-1-3-18-21(16)11-15;3-2(4,5)1(6)7/h1-3,8,13,15H,4-7,9-12H2;(H,6,7). The lowest BCUT2D eigenvalue weighted by atomic mass is 10.1. The summed E-state index contributed by atoms with van der Waals surface area (Å²) in [5.74, 6) is -2.58. The van der Waals surface area contributed by atoms with Crippen molar-refractivity contribution in [3.63, 3.8) is 0 Å². The van der Waals surface area contributed by atoms with Crippen molar-refractivity contribution in [2.24, 2.45) is 5.92 Å². The number of carbonyl (C=O) groups is 2. The molecule has 0 aromatic carbocycles. The van der Waals surface area contributed by atoms with Gasteiger partial charge in [-0.25, -0.2) is 4.79 Å². The number of alkyl halides is 3. The lowest BCUT2D eigenvalue weighted by molar-refractivity contribution is -0.192. The van der Waals surface area contributed by atoms with E-state index in [-0.39, 0.29) is 11.8 Å². The van der Waals surface area contributed by atoms with Crippen LogP contribution < -0.4 is 0 Å². The van der Waals surface area contributed by atoms with E-state index < -0.39 is 12.1 Å². The molecule has 1 fully saturated rings.